The van der Waals surface area contributed by atoms with Gasteiger partial charge in [0.15, 0.2) is 0 Å². The summed E-state index contributed by atoms with van der Waals surface area (Å²) in [7, 11) is 0. The maximum Gasteiger partial charge on any atom is 0.293 e. The fourth-order valence-electron chi connectivity index (χ4n) is 3.81. The van der Waals surface area contributed by atoms with Crippen LogP contribution in [0.2, 0.25) is 0 Å². The smallest absolute Gasteiger partial charge is 0.293 e. The van der Waals surface area contributed by atoms with Gasteiger partial charge in [-0.3, -0.25) is 14.9 Å². The summed E-state index contributed by atoms with van der Waals surface area (Å²) in [6.07, 6.45) is 2.94. The van der Waals surface area contributed by atoms with E-state index in [1.165, 1.54) is 6.07 Å². The molecule has 0 aromatic heterocycles. The van der Waals surface area contributed by atoms with Gasteiger partial charge in [0, 0.05) is 30.8 Å². The van der Waals surface area contributed by atoms with Crippen molar-refractivity contribution in [3.05, 3.63) is 33.9 Å². The number of piperidine rings is 2. The molecule has 7 nitrogen and oxygen atoms in total. The highest BCUT2D eigenvalue weighted by Crippen LogP contribution is 2.32. The Hall–Kier alpha value is -1.86. The zero-order valence-electron chi connectivity index (χ0n) is 15.9. The molecule has 0 saturated carbocycles. The van der Waals surface area contributed by atoms with Crippen LogP contribution in [0.1, 0.15) is 43.5 Å². The highest BCUT2D eigenvalue weighted by atomic mass is 35.5. The second kappa shape index (κ2) is 9.37. The Morgan fingerprint density at radius 2 is 1.96 bits per heavy atom. The van der Waals surface area contributed by atoms with E-state index in [4.69, 9.17) is 0 Å². The molecule has 0 spiro atoms. The maximum atomic E-state index is 12.6. The van der Waals surface area contributed by atoms with Gasteiger partial charge in [0.25, 0.3) is 11.6 Å². The van der Waals surface area contributed by atoms with Gasteiger partial charge in [-0.2, -0.15) is 0 Å². The summed E-state index contributed by atoms with van der Waals surface area (Å²) in [4.78, 5) is 25.9. The number of hydrogen-bond donors (Lipinski definition) is 2. The van der Waals surface area contributed by atoms with Crippen molar-refractivity contribution in [2.45, 2.75) is 39.2 Å². The molecule has 2 saturated heterocycles. The number of nitrogens with one attached hydrogen (secondary N) is 2. The Bertz CT molecular complexity index is 677. The molecule has 1 aromatic rings. The number of anilines is 1. The lowest BCUT2D eigenvalue weighted by atomic mass is 9.95. The van der Waals surface area contributed by atoms with Gasteiger partial charge in [-0.25, -0.2) is 0 Å². The van der Waals surface area contributed by atoms with E-state index in [-0.39, 0.29) is 35.0 Å². The fourth-order valence-corrected chi connectivity index (χ4v) is 3.81. The molecular formula is C19H29ClN4O3. The summed E-state index contributed by atoms with van der Waals surface area (Å²) in [6, 6.07) is 4.97. The molecule has 8 heteroatoms. The molecule has 2 N–H and O–H groups in total. The fraction of sp³-hybridized carbons (Fsp3) is 0.632. The number of nitro benzene ring substituents is 1. The molecule has 27 heavy (non-hydrogen) atoms. The Balaban J connectivity index is 0.00000261. The average Bonchev–Trinajstić information content (AvgIpc) is 2.63. The molecule has 2 atom stereocenters. The van der Waals surface area contributed by atoms with Crippen LogP contribution in [0.3, 0.4) is 0 Å². The molecule has 3 rings (SSSR count). The monoisotopic (exact) mass is 396 g/mol. The summed E-state index contributed by atoms with van der Waals surface area (Å²) in [6.45, 7) is 7.69. The van der Waals surface area contributed by atoms with Crippen LogP contribution in [0.4, 0.5) is 11.4 Å². The molecule has 0 radical (unpaired) electrons. The lowest BCUT2D eigenvalue weighted by Gasteiger charge is -2.32. The van der Waals surface area contributed by atoms with Crippen LogP contribution in [0.25, 0.3) is 0 Å². The standard InChI is InChI=1S/C19H28N4O3.ClH/c1-13-6-9-22(10-7-13)17-4-3-15(11-18(17)23(25)26)19(24)21-16-5-8-20-12-14(16)2;/h3-4,11,13-14,16,20H,5-10,12H2,1-2H3,(H,21,24);1H. The van der Waals surface area contributed by atoms with Gasteiger partial charge in [-0.1, -0.05) is 13.8 Å². The number of amides is 1. The van der Waals surface area contributed by atoms with E-state index in [1.54, 1.807) is 12.1 Å². The number of nitro groups is 1. The number of hydrogen-bond acceptors (Lipinski definition) is 5. The number of halogens is 1. The molecule has 2 unspecified atom stereocenters. The van der Waals surface area contributed by atoms with Crippen molar-refractivity contribution in [1.82, 2.24) is 10.6 Å². The van der Waals surface area contributed by atoms with Gasteiger partial charge in [-0.15, -0.1) is 12.4 Å². The zero-order valence-corrected chi connectivity index (χ0v) is 16.8. The highest BCUT2D eigenvalue weighted by molar-refractivity contribution is 5.96. The number of benzene rings is 1. The summed E-state index contributed by atoms with van der Waals surface area (Å²) in [5.41, 5.74) is 0.996. The highest BCUT2D eigenvalue weighted by Gasteiger charge is 2.27. The third kappa shape index (κ3) is 5.11. The first-order chi connectivity index (χ1) is 12.5. The van der Waals surface area contributed by atoms with Crippen LogP contribution < -0.4 is 15.5 Å². The van der Waals surface area contributed by atoms with Crippen molar-refractivity contribution in [1.29, 1.82) is 0 Å². The van der Waals surface area contributed by atoms with Gasteiger partial charge in [0.1, 0.15) is 5.69 Å². The second-order valence-corrected chi connectivity index (χ2v) is 7.68. The SMILES string of the molecule is CC1CCN(c2ccc(C(=O)NC3CCNCC3C)cc2[N+](=O)[O-])CC1.Cl. The van der Waals surface area contributed by atoms with Crippen LogP contribution in [0.5, 0.6) is 0 Å². The minimum atomic E-state index is -0.378. The van der Waals surface area contributed by atoms with Gasteiger partial charge in [0.2, 0.25) is 0 Å². The van der Waals surface area contributed by atoms with Crippen LogP contribution in [-0.2, 0) is 0 Å². The van der Waals surface area contributed by atoms with Crippen molar-refractivity contribution < 1.29 is 9.72 Å². The van der Waals surface area contributed by atoms with E-state index < -0.39 is 0 Å². The Kier molecular flexibility index (Phi) is 7.44. The van der Waals surface area contributed by atoms with E-state index >= 15 is 0 Å². The van der Waals surface area contributed by atoms with Crippen LogP contribution in [0.15, 0.2) is 18.2 Å². The van der Waals surface area contributed by atoms with E-state index in [0.717, 1.165) is 45.4 Å². The van der Waals surface area contributed by atoms with Crippen molar-refractivity contribution in [3.8, 4) is 0 Å². The minimum absolute atomic E-state index is 0. The maximum absolute atomic E-state index is 12.6. The van der Waals surface area contributed by atoms with Crippen molar-refractivity contribution in [2.75, 3.05) is 31.1 Å². The van der Waals surface area contributed by atoms with E-state index in [1.807, 2.05) is 0 Å². The summed E-state index contributed by atoms with van der Waals surface area (Å²) >= 11 is 0. The quantitative estimate of drug-likeness (QED) is 0.603. The largest absolute Gasteiger partial charge is 0.366 e. The van der Waals surface area contributed by atoms with Gasteiger partial charge in [0.05, 0.1) is 4.92 Å². The molecule has 2 heterocycles. The molecule has 1 aromatic carbocycles. The molecule has 2 aliphatic rings. The van der Waals surface area contributed by atoms with Gasteiger partial charge in [-0.05, 0) is 56.3 Å². The summed E-state index contributed by atoms with van der Waals surface area (Å²) in [5, 5.41) is 17.9. The first-order valence-corrected chi connectivity index (χ1v) is 9.50. The topological polar surface area (TPSA) is 87.5 Å². The van der Waals surface area contributed by atoms with E-state index in [0.29, 0.717) is 23.1 Å². The van der Waals surface area contributed by atoms with Gasteiger partial charge >= 0.3 is 0 Å². The number of nitrogens with zero attached hydrogens (tertiary/aromatic N) is 2. The molecule has 0 bridgehead atoms. The van der Waals surface area contributed by atoms with Crippen LogP contribution in [-0.4, -0.2) is 43.1 Å². The molecule has 0 aliphatic carbocycles. The number of carbonyl (C=O) groups is 1. The predicted octanol–water partition coefficient (Wildman–Crippen LogP) is 2.98. The van der Waals surface area contributed by atoms with Crippen LogP contribution >= 0.6 is 12.4 Å². The summed E-state index contributed by atoms with van der Waals surface area (Å²) < 4.78 is 0. The second-order valence-electron chi connectivity index (χ2n) is 7.68. The zero-order chi connectivity index (χ0) is 18.7. The number of carbonyl (C=O) groups excluding carboxylic acids is 1. The van der Waals surface area contributed by atoms with E-state index in [2.05, 4.69) is 29.4 Å². The lowest BCUT2D eigenvalue weighted by Crippen LogP contribution is -2.48. The molecule has 1 amide bonds. The molecule has 150 valence electrons. The predicted molar refractivity (Wildman–Crippen MR) is 109 cm³/mol. The molecule has 2 aliphatic heterocycles. The molecule has 2 fully saturated rings. The van der Waals surface area contributed by atoms with Crippen molar-refractivity contribution in [2.24, 2.45) is 11.8 Å². The van der Waals surface area contributed by atoms with Gasteiger partial charge < -0.3 is 15.5 Å². The Morgan fingerprint density at radius 1 is 1.26 bits per heavy atom. The minimum Gasteiger partial charge on any atom is -0.366 e. The molecular weight excluding hydrogens is 368 g/mol. The van der Waals surface area contributed by atoms with Crippen LogP contribution in [0, 0.1) is 22.0 Å². The van der Waals surface area contributed by atoms with Crippen molar-refractivity contribution >= 4 is 29.7 Å². The lowest BCUT2D eigenvalue weighted by molar-refractivity contribution is -0.384. The third-order valence-corrected chi connectivity index (χ3v) is 5.66. The van der Waals surface area contributed by atoms with E-state index in [9.17, 15) is 14.9 Å². The first kappa shape index (κ1) is 21.4. The Morgan fingerprint density at radius 3 is 2.59 bits per heavy atom. The first-order valence-electron chi connectivity index (χ1n) is 9.50. The summed E-state index contributed by atoms with van der Waals surface area (Å²) in [5.74, 6) is 0.769. The average molecular weight is 397 g/mol. The number of rotatable bonds is 4. The Labute approximate surface area is 166 Å². The third-order valence-electron chi connectivity index (χ3n) is 5.66. The normalized spacial score (nSPS) is 23.4. The van der Waals surface area contributed by atoms with Crippen molar-refractivity contribution in [3.63, 3.8) is 0 Å².